The van der Waals surface area contributed by atoms with Gasteiger partial charge in [0.15, 0.2) is 0 Å². The van der Waals surface area contributed by atoms with E-state index in [9.17, 15) is 4.79 Å². The summed E-state index contributed by atoms with van der Waals surface area (Å²) in [6, 6.07) is 18.3. The van der Waals surface area contributed by atoms with Gasteiger partial charge < -0.3 is 15.5 Å². The van der Waals surface area contributed by atoms with Gasteiger partial charge in [-0.2, -0.15) is 4.98 Å². The van der Waals surface area contributed by atoms with Gasteiger partial charge in [-0.25, -0.2) is 4.98 Å². The van der Waals surface area contributed by atoms with Crippen molar-refractivity contribution in [1.29, 1.82) is 0 Å². The molecule has 0 bridgehead atoms. The number of rotatable bonds is 5. The molecule has 0 radical (unpaired) electrons. The van der Waals surface area contributed by atoms with Crippen molar-refractivity contribution >= 4 is 23.4 Å². The molecule has 0 saturated heterocycles. The highest BCUT2D eigenvalue weighted by Crippen LogP contribution is 2.24. The number of nitrogens with one attached hydrogen (secondary N) is 2. The average Bonchev–Trinajstić information content (AvgIpc) is 3.58. The molecule has 2 N–H and O–H groups in total. The summed E-state index contributed by atoms with van der Waals surface area (Å²) < 4.78 is 0. The predicted octanol–water partition coefficient (Wildman–Crippen LogP) is 3.68. The van der Waals surface area contributed by atoms with Crippen LogP contribution in [0.5, 0.6) is 0 Å². The summed E-state index contributed by atoms with van der Waals surface area (Å²) in [4.78, 5) is 23.4. The van der Waals surface area contributed by atoms with E-state index in [0.29, 0.717) is 17.6 Å². The number of nitrogens with zero attached hydrogens (tertiary/aromatic N) is 3. The molecule has 0 unspecified atom stereocenters. The first kappa shape index (κ1) is 17.7. The molecule has 2 aromatic carbocycles. The fourth-order valence-corrected chi connectivity index (χ4v) is 3.61. The molecule has 2 aliphatic rings. The number of anilines is 3. The monoisotopic (exact) mass is 385 g/mol. The lowest BCUT2D eigenvalue weighted by molar-refractivity contribution is 0.0951. The second-order valence-corrected chi connectivity index (χ2v) is 7.63. The standard InChI is InChI=1S/C23H23N5O/c29-22(25-19-9-10-19)17-5-7-20(8-6-17)26-23-24-13-11-21(27-23)28-14-12-16-3-1-2-4-18(16)15-28/h1-8,11,13,19H,9-10,12,14-15H2,(H,25,29)(H,24,26,27). The molecule has 5 rings (SSSR count). The van der Waals surface area contributed by atoms with Crippen LogP contribution in [0.15, 0.2) is 60.8 Å². The van der Waals surface area contributed by atoms with Crippen LogP contribution in [0.3, 0.4) is 0 Å². The lowest BCUT2D eigenvalue weighted by Crippen LogP contribution is -2.31. The Morgan fingerprint density at radius 1 is 1.00 bits per heavy atom. The molecule has 0 atom stereocenters. The van der Waals surface area contributed by atoms with Crippen molar-refractivity contribution in [1.82, 2.24) is 15.3 Å². The summed E-state index contributed by atoms with van der Waals surface area (Å²) in [7, 11) is 0. The number of fused-ring (bicyclic) bond motifs is 1. The van der Waals surface area contributed by atoms with E-state index in [1.165, 1.54) is 11.1 Å². The van der Waals surface area contributed by atoms with Gasteiger partial charge in [0.25, 0.3) is 5.91 Å². The topological polar surface area (TPSA) is 70.2 Å². The smallest absolute Gasteiger partial charge is 0.251 e. The third-order valence-electron chi connectivity index (χ3n) is 5.41. The van der Waals surface area contributed by atoms with Gasteiger partial charge in [-0.15, -0.1) is 0 Å². The normalized spacial score (nSPS) is 15.5. The van der Waals surface area contributed by atoms with Crippen LogP contribution in [0.25, 0.3) is 0 Å². The minimum absolute atomic E-state index is 0.0114. The summed E-state index contributed by atoms with van der Waals surface area (Å²) in [6.45, 7) is 1.80. The fraction of sp³-hybridized carbons (Fsp3) is 0.261. The van der Waals surface area contributed by atoms with Crippen LogP contribution in [0.4, 0.5) is 17.5 Å². The van der Waals surface area contributed by atoms with Crippen LogP contribution in [0.1, 0.15) is 34.3 Å². The van der Waals surface area contributed by atoms with Crippen molar-refractivity contribution in [2.24, 2.45) is 0 Å². The molecule has 1 fully saturated rings. The molecule has 6 heteroatoms. The number of hydrogen-bond acceptors (Lipinski definition) is 5. The van der Waals surface area contributed by atoms with Crippen molar-refractivity contribution in [3.63, 3.8) is 0 Å². The highest BCUT2D eigenvalue weighted by Gasteiger charge is 2.23. The molecule has 146 valence electrons. The van der Waals surface area contributed by atoms with E-state index >= 15 is 0 Å². The molecule has 1 amide bonds. The van der Waals surface area contributed by atoms with Crippen molar-refractivity contribution in [2.75, 3.05) is 16.8 Å². The van der Waals surface area contributed by atoms with Crippen LogP contribution >= 0.6 is 0 Å². The Labute approximate surface area is 170 Å². The predicted molar refractivity (Wildman–Crippen MR) is 113 cm³/mol. The maximum atomic E-state index is 12.1. The molecule has 2 heterocycles. The Hall–Kier alpha value is -3.41. The third kappa shape index (κ3) is 4.06. The van der Waals surface area contributed by atoms with Crippen molar-refractivity contribution in [3.8, 4) is 0 Å². The van der Waals surface area contributed by atoms with Gasteiger partial charge in [-0.1, -0.05) is 24.3 Å². The Morgan fingerprint density at radius 2 is 1.79 bits per heavy atom. The van der Waals surface area contributed by atoms with Crippen LogP contribution in [0.2, 0.25) is 0 Å². The van der Waals surface area contributed by atoms with Gasteiger partial charge in [0.05, 0.1) is 0 Å². The summed E-state index contributed by atoms with van der Waals surface area (Å²) in [5, 5.41) is 6.24. The highest BCUT2D eigenvalue weighted by molar-refractivity contribution is 5.94. The quantitative estimate of drug-likeness (QED) is 0.701. The molecule has 1 aromatic heterocycles. The second-order valence-electron chi connectivity index (χ2n) is 7.63. The molecule has 1 aliphatic carbocycles. The van der Waals surface area contributed by atoms with Crippen molar-refractivity contribution in [3.05, 3.63) is 77.5 Å². The van der Waals surface area contributed by atoms with Gasteiger partial charge in [0.1, 0.15) is 5.82 Å². The summed E-state index contributed by atoms with van der Waals surface area (Å²) in [6.07, 6.45) is 4.97. The summed E-state index contributed by atoms with van der Waals surface area (Å²) in [5.41, 5.74) is 4.30. The van der Waals surface area contributed by atoms with Gasteiger partial charge >= 0.3 is 0 Å². The minimum Gasteiger partial charge on any atom is -0.352 e. The molecule has 6 nitrogen and oxygen atoms in total. The second kappa shape index (κ2) is 7.54. The zero-order chi connectivity index (χ0) is 19.6. The molecule has 0 spiro atoms. The van der Waals surface area contributed by atoms with E-state index in [1.54, 1.807) is 6.20 Å². The average molecular weight is 385 g/mol. The summed E-state index contributed by atoms with van der Waals surface area (Å²) >= 11 is 0. The van der Waals surface area contributed by atoms with E-state index in [-0.39, 0.29) is 5.91 Å². The molecule has 1 saturated carbocycles. The Bertz CT molecular complexity index is 1030. The fourth-order valence-electron chi connectivity index (χ4n) is 3.61. The van der Waals surface area contributed by atoms with Crippen molar-refractivity contribution < 1.29 is 4.79 Å². The Morgan fingerprint density at radius 3 is 2.59 bits per heavy atom. The zero-order valence-electron chi connectivity index (χ0n) is 16.1. The van der Waals surface area contributed by atoms with Gasteiger partial charge in [-0.05, 0) is 60.7 Å². The van der Waals surface area contributed by atoms with Crippen LogP contribution in [0, 0.1) is 0 Å². The molecular weight excluding hydrogens is 362 g/mol. The number of carbonyl (C=O) groups is 1. The number of aromatic nitrogens is 2. The van der Waals surface area contributed by atoms with Crippen LogP contribution in [-0.4, -0.2) is 28.5 Å². The minimum atomic E-state index is -0.0114. The van der Waals surface area contributed by atoms with Crippen molar-refractivity contribution in [2.45, 2.75) is 31.8 Å². The van der Waals surface area contributed by atoms with Crippen LogP contribution < -0.4 is 15.5 Å². The van der Waals surface area contributed by atoms with E-state index in [2.05, 4.69) is 44.8 Å². The Balaban J connectivity index is 1.27. The zero-order valence-corrected chi connectivity index (χ0v) is 16.1. The molecular formula is C23H23N5O. The molecule has 29 heavy (non-hydrogen) atoms. The number of hydrogen-bond donors (Lipinski definition) is 2. The number of carbonyl (C=O) groups excluding carboxylic acids is 1. The van der Waals surface area contributed by atoms with E-state index < -0.39 is 0 Å². The molecule has 1 aliphatic heterocycles. The van der Waals surface area contributed by atoms with E-state index in [1.807, 2.05) is 30.3 Å². The molecule has 3 aromatic rings. The lowest BCUT2D eigenvalue weighted by atomic mass is 10.00. The van der Waals surface area contributed by atoms with Gasteiger partial charge in [-0.3, -0.25) is 4.79 Å². The van der Waals surface area contributed by atoms with E-state index in [4.69, 9.17) is 4.98 Å². The lowest BCUT2D eigenvalue weighted by Gasteiger charge is -2.29. The largest absolute Gasteiger partial charge is 0.352 e. The Kier molecular flexibility index (Phi) is 4.60. The third-order valence-corrected chi connectivity index (χ3v) is 5.41. The van der Waals surface area contributed by atoms with Gasteiger partial charge in [0.2, 0.25) is 5.95 Å². The van der Waals surface area contributed by atoms with Crippen LogP contribution in [-0.2, 0) is 13.0 Å². The SMILES string of the molecule is O=C(NC1CC1)c1ccc(Nc2nccc(N3CCc4ccccc4C3)n2)cc1. The maximum Gasteiger partial charge on any atom is 0.251 e. The first-order valence-corrected chi connectivity index (χ1v) is 10.1. The van der Waals surface area contributed by atoms with Gasteiger partial charge in [0, 0.05) is 36.6 Å². The first-order valence-electron chi connectivity index (χ1n) is 10.1. The first-order chi connectivity index (χ1) is 14.2. The number of benzene rings is 2. The summed E-state index contributed by atoms with van der Waals surface area (Å²) in [5.74, 6) is 1.46. The maximum absolute atomic E-state index is 12.1. The number of amides is 1. The van der Waals surface area contributed by atoms with E-state index in [0.717, 1.165) is 43.9 Å². The highest BCUT2D eigenvalue weighted by atomic mass is 16.1.